The van der Waals surface area contributed by atoms with Crippen LogP contribution in [0.5, 0.6) is 0 Å². The van der Waals surface area contributed by atoms with E-state index in [1.165, 1.54) is 12.5 Å². The highest BCUT2D eigenvalue weighted by Gasteiger charge is 2.15. The van der Waals surface area contributed by atoms with E-state index in [0.717, 1.165) is 6.07 Å². The molecule has 2 N–H and O–H groups in total. The number of aromatic carboxylic acids is 1. The Balaban J connectivity index is 2.21. The van der Waals surface area contributed by atoms with E-state index in [1.54, 1.807) is 6.07 Å². The Bertz CT molecular complexity index is 605. The maximum atomic E-state index is 13.5. The van der Waals surface area contributed by atoms with Gasteiger partial charge in [-0.1, -0.05) is 0 Å². The maximum Gasteiger partial charge on any atom is 0.338 e. The number of carboxylic acids is 1. The number of aromatic nitrogens is 2. The molecule has 7 heteroatoms. The molecular weight excluding hydrogens is 256 g/mol. The summed E-state index contributed by atoms with van der Waals surface area (Å²) in [5.41, 5.74) is -0.0976. The number of carbonyl (C=O) groups is 1. The van der Waals surface area contributed by atoms with E-state index in [1.807, 2.05) is 0 Å². The van der Waals surface area contributed by atoms with E-state index >= 15 is 0 Å². The van der Waals surface area contributed by atoms with Gasteiger partial charge in [0.15, 0.2) is 0 Å². The molecule has 0 aliphatic rings. The molecule has 5 nitrogen and oxygen atoms in total. The molecule has 0 unspecified atom stereocenters. The van der Waals surface area contributed by atoms with Crippen molar-refractivity contribution in [2.45, 2.75) is 6.54 Å². The van der Waals surface area contributed by atoms with Crippen LogP contribution in [0.1, 0.15) is 16.1 Å². The third kappa shape index (κ3) is 3.01. The molecule has 0 bridgehead atoms. The number of benzene rings is 1. The molecule has 0 spiro atoms. The Kier molecular flexibility index (Phi) is 3.65. The SMILES string of the molecule is O=C(O)c1cc(NCc2ccncn2)c(F)cc1F. The van der Waals surface area contributed by atoms with Gasteiger partial charge in [0.1, 0.15) is 18.0 Å². The normalized spacial score (nSPS) is 10.2. The monoisotopic (exact) mass is 265 g/mol. The van der Waals surface area contributed by atoms with Crippen LogP contribution in [0.25, 0.3) is 0 Å². The lowest BCUT2D eigenvalue weighted by atomic mass is 10.1. The minimum Gasteiger partial charge on any atom is -0.478 e. The minimum absolute atomic E-state index is 0.0996. The Labute approximate surface area is 106 Å². The number of anilines is 1. The average Bonchev–Trinajstić information content (AvgIpc) is 2.38. The number of carboxylic acid groups (broad SMARTS) is 1. The Hall–Kier alpha value is -2.57. The van der Waals surface area contributed by atoms with Gasteiger partial charge in [0, 0.05) is 12.3 Å². The van der Waals surface area contributed by atoms with Crippen molar-refractivity contribution >= 4 is 11.7 Å². The molecule has 1 aromatic carbocycles. The van der Waals surface area contributed by atoms with Crippen molar-refractivity contribution in [1.82, 2.24) is 9.97 Å². The highest BCUT2D eigenvalue weighted by Crippen LogP contribution is 2.20. The van der Waals surface area contributed by atoms with Crippen molar-refractivity contribution in [2.75, 3.05) is 5.32 Å². The zero-order valence-corrected chi connectivity index (χ0v) is 9.60. The van der Waals surface area contributed by atoms with E-state index in [-0.39, 0.29) is 12.2 Å². The fraction of sp³-hybridized carbons (Fsp3) is 0.0833. The van der Waals surface area contributed by atoms with Crippen LogP contribution in [0.2, 0.25) is 0 Å². The third-order valence-corrected chi connectivity index (χ3v) is 2.39. The van der Waals surface area contributed by atoms with Crippen molar-refractivity contribution in [2.24, 2.45) is 0 Å². The van der Waals surface area contributed by atoms with Crippen molar-refractivity contribution in [3.63, 3.8) is 0 Å². The standard InChI is InChI=1S/C12H9F2N3O2/c13-9-4-10(14)11(3-8(9)12(18)19)16-5-7-1-2-15-6-17-7/h1-4,6,16H,5H2,(H,18,19). The molecule has 2 aromatic rings. The van der Waals surface area contributed by atoms with Gasteiger partial charge in [-0.15, -0.1) is 0 Å². The lowest BCUT2D eigenvalue weighted by Crippen LogP contribution is -2.07. The minimum atomic E-state index is -1.46. The van der Waals surface area contributed by atoms with Gasteiger partial charge in [0.25, 0.3) is 0 Å². The van der Waals surface area contributed by atoms with E-state index in [0.29, 0.717) is 11.8 Å². The molecule has 0 radical (unpaired) electrons. The van der Waals surface area contributed by atoms with E-state index < -0.39 is 23.2 Å². The molecular formula is C12H9F2N3O2. The summed E-state index contributed by atoms with van der Waals surface area (Å²) in [5, 5.41) is 11.4. The molecule has 98 valence electrons. The number of hydrogen-bond acceptors (Lipinski definition) is 4. The summed E-state index contributed by atoms with van der Waals surface area (Å²) >= 11 is 0. The summed E-state index contributed by atoms with van der Waals surface area (Å²) in [6.07, 6.45) is 2.86. The molecule has 19 heavy (non-hydrogen) atoms. The first-order valence-electron chi connectivity index (χ1n) is 5.29. The highest BCUT2D eigenvalue weighted by atomic mass is 19.1. The van der Waals surface area contributed by atoms with Crippen LogP contribution in [0.15, 0.2) is 30.7 Å². The van der Waals surface area contributed by atoms with E-state index in [4.69, 9.17) is 5.11 Å². The molecule has 1 heterocycles. The quantitative estimate of drug-likeness (QED) is 0.885. The van der Waals surface area contributed by atoms with Crippen LogP contribution < -0.4 is 5.32 Å². The smallest absolute Gasteiger partial charge is 0.338 e. The molecule has 0 fully saturated rings. The van der Waals surface area contributed by atoms with E-state index in [2.05, 4.69) is 15.3 Å². The largest absolute Gasteiger partial charge is 0.478 e. The number of hydrogen-bond donors (Lipinski definition) is 2. The fourth-order valence-electron chi connectivity index (χ4n) is 1.46. The molecule has 2 rings (SSSR count). The lowest BCUT2D eigenvalue weighted by Gasteiger charge is -2.08. The molecule has 0 atom stereocenters. The van der Waals surface area contributed by atoms with E-state index in [9.17, 15) is 13.6 Å². The van der Waals surface area contributed by atoms with Crippen LogP contribution in [0.3, 0.4) is 0 Å². The Morgan fingerprint density at radius 3 is 2.74 bits per heavy atom. The number of halogens is 2. The summed E-state index contributed by atoms with van der Waals surface area (Å²) < 4.78 is 26.6. The molecule has 0 aliphatic carbocycles. The van der Waals surface area contributed by atoms with Crippen LogP contribution in [0.4, 0.5) is 14.5 Å². The Morgan fingerprint density at radius 1 is 1.32 bits per heavy atom. The lowest BCUT2D eigenvalue weighted by molar-refractivity contribution is 0.0692. The van der Waals surface area contributed by atoms with Crippen LogP contribution in [0, 0.1) is 11.6 Å². The number of nitrogens with one attached hydrogen (secondary N) is 1. The molecule has 0 amide bonds. The first kappa shape index (κ1) is 12.9. The topological polar surface area (TPSA) is 75.1 Å². The van der Waals surface area contributed by atoms with Crippen molar-refractivity contribution < 1.29 is 18.7 Å². The summed E-state index contributed by atoms with van der Waals surface area (Å²) in [5.74, 6) is -3.43. The summed E-state index contributed by atoms with van der Waals surface area (Å²) in [6, 6.07) is 3.06. The molecule has 1 aromatic heterocycles. The molecule has 0 saturated heterocycles. The van der Waals surface area contributed by atoms with Gasteiger partial charge in [0.2, 0.25) is 0 Å². The summed E-state index contributed by atoms with van der Waals surface area (Å²) in [7, 11) is 0. The highest BCUT2D eigenvalue weighted by molar-refractivity contribution is 5.89. The third-order valence-electron chi connectivity index (χ3n) is 2.39. The van der Waals surface area contributed by atoms with Crippen molar-refractivity contribution in [3.8, 4) is 0 Å². The second kappa shape index (κ2) is 5.38. The van der Waals surface area contributed by atoms with Crippen LogP contribution >= 0.6 is 0 Å². The Morgan fingerprint density at radius 2 is 2.11 bits per heavy atom. The molecule has 0 saturated carbocycles. The van der Waals surface area contributed by atoms with Crippen molar-refractivity contribution in [1.29, 1.82) is 0 Å². The fourth-order valence-corrected chi connectivity index (χ4v) is 1.46. The van der Waals surface area contributed by atoms with Gasteiger partial charge in [-0.2, -0.15) is 0 Å². The summed E-state index contributed by atoms with van der Waals surface area (Å²) in [4.78, 5) is 18.4. The van der Waals surface area contributed by atoms with Gasteiger partial charge in [-0.05, 0) is 12.1 Å². The second-order valence-electron chi connectivity index (χ2n) is 3.67. The van der Waals surface area contributed by atoms with Gasteiger partial charge in [0.05, 0.1) is 23.5 Å². The number of nitrogens with zero attached hydrogens (tertiary/aromatic N) is 2. The van der Waals surface area contributed by atoms with Crippen LogP contribution in [-0.4, -0.2) is 21.0 Å². The predicted molar refractivity (Wildman–Crippen MR) is 62.7 cm³/mol. The van der Waals surface area contributed by atoms with Gasteiger partial charge in [-0.25, -0.2) is 23.5 Å². The second-order valence-corrected chi connectivity index (χ2v) is 3.67. The van der Waals surface area contributed by atoms with Gasteiger partial charge >= 0.3 is 5.97 Å². The first-order valence-corrected chi connectivity index (χ1v) is 5.29. The van der Waals surface area contributed by atoms with Crippen LogP contribution in [-0.2, 0) is 6.54 Å². The van der Waals surface area contributed by atoms with Gasteiger partial charge in [-0.3, -0.25) is 0 Å². The molecule has 0 aliphatic heterocycles. The first-order chi connectivity index (χ1) is 9.08. The maximum absolute atomic E-state index is 13.5. The number of rotatable bonds is 4. The van der Waals surface area contributed by atoms with Crippen molar-refractivity contribution in [3.05, 3.63) is 53.6 Å². The summed E-state index contributed by atoms with van der Waals surface area (Å²) in [6.45, 7) is 0.171. The van der Waals surface area contributed by atoms with Gasteiger partial charge < -0.3 is 10.4 Å². The average molecular weight is 265 g/mol. The predicted octanol–water partition coefficient (Wildman–Crippen LogP) is 2.07. The zero-order valence-electron chi connectivity index (χ0n) is 9.60. The zero-order chi connectivity index (χ0) is 13.8.